The van der Waals surface area contributed by atoms with Crippen molar-refractivity contribution in [2.75, 3.05) is 42.7 Å². The summed E-state index contributed by atoms with van der Waals surface area (Å²) in [6, 6.07) is 12.7. The van der Waals surface area contributed by atoms with Gasteiger partial charge in [0.1, 0.15) is 23.2 Å². The first kappa shape index (κ1) is 29.4. The molecule has 0 spiro atoms. The molecule has 0 bridgehead atoms. The summed E-state index contributed by atoms with van der Waals surface area (Å²) in [6.07, 6.45) is -0.469. The third-order valence-corrected chi connectivity index (χ3v) is 7.02. The Bertz CT molecular complexity index is 1370. The topological polar surface area (TPSA) is 149 Å². The molecule has 0 aliphatic carbocycles. The molecule has 12 heteroatoms. The van der Waals surface area contributed by atoms with Crippen LogP contribution in [0.5, 0.6) is 5.75 Å². The van der Waals surface area contributed by atoms with Gasteiger partial charge in [-0.15, -0.1) is 0 Å². The zero-order chi connectivity index (χ0) is 29.7. The van der Waals surface area contributed by atoms with Crippen molar-refractivity contribution < 1.29 is 28.8 Å². The molecule has 0 saturated heterocycles. The lowest BCUT2D eigenvalue weighted by molar-refractivity contribution is 0.0371. The van der Waals surface area contributed by atoms with E-state index < -0.39 is 18.2 Å². The molecule has 3 aromatic rings. The summed E-state index contributed by atoms with van der Waals surface area (Å²) in [4.78, 5) is 42.4. The van der Waals surface area contributed by atoms with Crippen LogP contribution in [0.2, 0.25) is 0 Å². The van der Waals surface area contributed by atoms with Gasteiger partial charge in [0.2, 0.25) is 0 Å². The molecule has 2 heterocycles. The highest BCUT2D eigenvalue weighted by atomic mass is 16.5. The van der Waals surface area contributed by atoms with Crippen molar-refractivity contribution in [3.05, 3.63) is 65.5 Å². The van der Waals surface area contributed by atoms with Crippen LogP contribution in [0.4, 0.5) is 26.7 Å². The normalized spacial score (nSPS) is 17.4. The van der Waals surface area contributed by atoms with Crippen molar-refractivity contribution in [1.82, 2.24) is 15.0 Å². The summed E-state index contributed by atoms with van der Waals surface area (Å²) in [7, 11) is 1.68. The molecule has 1 aliphatic rings. The number of urea groups is 2. The lowest BCUT2D eigenvalue weighted by Gasteiger charge is -2.38. The molecule has 3 atom stereocenters. The van der Waals surface area contributed by atoms with Crippen LogP contribution >= 0.6 is 0 Å². The summed E-state index contributed by atoms with van der Waals surface area (Å²) in [6.45, 7) is 7.42. The predicted molar refractivity (Wildman–Crippen MR) is 154 cm³/mol. The minimum atomic E-state index is -0.531. The maximum Gasteiger partial charge on any atom is 0.323 e. The largest absolute Gasteiger partial charge is 0.487 e. The fourth-order valence-electron chi connectivity index (χ4n) is 4.55. The summed E-state index contributed by atoms with van der Waals surface area (Å²) < 4.78 is 11.4. The Labute approximate surface area is 238 Å². The number of nitrogens with zero attached hydrogens (tertiary/aromatic N) is 3. The average molecular weight is 565 g/mol. The van der Waals surface area contributed by atoms with Crippen LogP contribution in [0.15, 0.2) is 53.1 Å². The molecule has 2 aromatic carbocycles. The first-order chi connectivity index (χ1) is 19.6. The van der Waals surface area contributed by atoms with E-state index in [1.165, 1.54) is 4.90 Å². The van der Waals surface area contributed by atoms with E-state index in [0.717, 1.165) is 0 Å². The molecule has 0 unspecified atom stereocenters. The van der Waals surface area contributed by atoms with Crippen molar-refractivity contribution in [2.45, 2.75) is 39.8 Å². The summed E-state index contributed by atoms with van der Waals surface area (Å²) in [5, 5.41) is 22.0. The van der Waals surface area contributed by atoms with E-state index in [9.17, 15) is 19.5 Å². The van der Waals surface area contributed by atoms with Crippen molar-refractivity contribution in [2.24, 2.45) is 5.92 Å². The van der Waals surface area contributed by atoms with Gasteiger partial charge in [0.05, 0.1) is 24.8 Å². The van der Waals surface area contributed by atoms with Crippen LogP contribution in [0, 0.1) is 19.8 Å². The summed E-state index contributed by atoms with van der Waals surface area (Å²) in [5.74, 6) is 0.273. The molecule has 1 aromatic heterocycles. The number of amides is 5. The minimum Gasteiger partial charge on any atom is -0.487 e. The second kappa shape index (κ2) is 12.7. The summed E-state index contributed by atoms with van der Waals surface area (Å²) in [5.41, 5.74) is 2.28. The molecule has 41 heavy (non-hydrogen) atoms. The monoisotopic (exact) mass is 564 g/mol. The maximum absolute atomic E-state index is 13.7. The zero-order valence-corrected chi connectivity index (χ0v) is 23.8. The number of hydrogen-bond acceptors (Lipinski definition) is 7. The standard InChI is InChI=1S/C29H36N6O6/c1-17-14-35(18(2)16-36)27(37)23-13-22(30-28(38)32-26-19(3)33-41-20(26)4)11-12-24(23)40-25(17)15-34(5)29(39)31-21-9-7-6-8-10-21/h6-13,17-18,25,36H,14-16H2,1-5H3,(H,31,39)(H2,30,32,38)/t17-,18+,25-/m0/s1. The fraction of sp³-hybridized carbons (Fsp3) is 0.379. The quantitative estimate of drug-likeness (QED) is 0.334. The molecule has 4 rings (SSSR count). The Morgan fingerprint density at radius 3 is 2.51 bits per heavy atom. The van der Waals surface area contributed by atoms with Gasteiger partial charge in [-0.05, 0) is 51.1 Å². The van der Waals surface area contributed by atoms with Crippen LogP contribution < -0.4 is 20.7 Å². The second-order valence-electron chi connectivity index (χ2n) is 10.3. The highest BCUT2D eigenvalue weighted by Gasteiger charge is 2.34. The highest BCUT2D eigenvalue weighted by Crippen LogP contribution is 2.31. The number of rotatable bonds is 7. The molecular formula is C29H36N6O6. The summed E-state index contributed by atoms with van der Waals surface area (Å²) >= 11 is 0. The number of aliphatic hydroxyl groups is 1. The number of benzene rings is 2. The van der Waals surface area contributed by atoms with Crippen LogP contribution in [0.1, 0.15) is 35.7 Å². The smallest absolute Gasteiger partial charge is 0.323 e. The van der Waals surface area contributed by atoms with E-state index in [1.54, 1.807) is 63.1 Å². The Balaban J connectivity index is 1.56. The van der Waals surface area contributed by atoms with Gasteiger partial charge in [-0.2, -0.15) is 0 Å². The molecular weight excluding hydrogens is 528 g/mol. The lowest BCUT2D eigenvalue weighted by Crippen LogP contribution is -2.50. The first-order valence-electron chi connectivity index (χ1n) is 13.4. The number of carbonyl (C=O) groups excluding carboxylic acids is 3. The molecule has 218 valence electrons. The molecule has 0 radical (unpaired) electrons. The molecule has 4 N–H and O–H groups in total. The SMILES string of the molecule is Cc1noc(C)c1NC(=O)Nc1ccc2c(c1)C(=O)N([C@H](C)CO)C[C@H](C)[C@H](CN(C)C(=O)Nc1ccccc1)O2. The van der Waals surface area contributed by atoms with E-state index in [0.29, 0.717) is 40.8 Å². The van der Waals surface area contributed by atoms with Crippen molar-refractivity contribution >= 4 is 35.0 Å². The molecule has 1 aliphatic heterocycles. The van der Waals surface area contributed by atoms with E-state index in [2.05, 4.69) is 21.1 Å². The van der Waals surface area contributed by atoms with Crippen LogP contribution in [0.3, 0.4) is 0 Å². The van der Waals surface area contributed by atoms with Crippen molar-refractivity contribution in [3.63, 3.8) is 0 Å². The number of carbonyl (C=O) groups is 3. The van der Waals surface area contributed by atoms with Crippen molar-refractivity contribution in [1.29, 1.82) is 0 Å². The van der Waals surface area contributed by atoms with Gasteiger partial charge < -0.3 is 40.1 Å². The number of aliphatic hydroxyl groups excluding tert-OH is 1. The van der Waals surface area contributed by atoms with Crippen molar-refractivity contribution in [3.8, 4) is 5.75 Å². The second-order valence-corrected chi connectivity index (χ2v) is 10.3. The van der Waals surface area contributed by atoms with Gasteiger partial charge in [0.25, 0.3) is 5.91 Å². The highest BCUT2D eigenvalue weighted by molar-refractivity contribution is 6.03. The number of aryl methyl sites for hydroxylation is 2. The van der Waals surface area contributed by atoms with Gasteiger partial charge in [-0.1, -0.05) is 30.3 Å². The Hall–Kier alpha value is -4.58. The Morgan fingerprint density at radius 1 is 1.12 bits per heavy atom. The number of fused-ring (bicyclic) bond motifs is 1. The first-order valence-corrected chi connectivity index (χ1v) is 13.4. The molecule has 0 fully saturated rings. The van der Waals surface area contributed by atoms with E-state index >= 15 is 0 Å². The Kier molecular flexibility index (Phi) is 9.13. The average Bonchev–Trinajstić information content (AvgIpc) is 3.27. The lowest BCUT2D eigenvalue weighted by atomic mass is 9.99. The number of hydrogen-bond donors (Lipinski definition) is 4. The number of nitrogens with one attached hydrogen (secondary N) is 3. The third kappa shape index (κ3) is 6.95. The van der Waals surface area contributed by atoms with Gasteiger partial charge >= 0.3 is 12.1 Å². The van der Waals surface area contributed by atoms with Crippen LogP contribution in [-0.2, 0) is 0 Å². The zero-order valence-electron chi connectivity index (χ0n) is 23.8. The number of para-hydroxylation sites is 1. The molecule has 5 amide bonds. The maximum atomic E-state index is 13.7. The van der Waals surface area contributed by atoms with E-state index in [4.69, 9.17) is 9.26 Å². The third-order valence-electron chi connectivity index (χ3n) is 7.02. The molecule has 0 saturated carbocycles. The Morgan fingerprint density at radius 2 is 1.85 bits per heavy atom. The number of aromatic nitrogens is 1. The minimum absolute atomic E-state index is 0.174. The number of likely N-dealkylation sites (N-methyl/N-ethyl adjacent to an activating group) is 1. The fourth-order valence-corrected chi connectivity index (χ4v) is 4.55. The predicted octanol–water partition coefficient (Wildman–Crippen LogP) is 4.32. The van der Waals surface area contributed by atoms with Gasteiger partial charge in [-0.3, -0.25) is 4.79 Å². The number of anilines is 3. The van der Waals surface area contributed by atoms with E-state index in [1.807, 2.05) is 25.1 Å². The van der Waals surface area contributed by atoms with Crippen LogP contribution in [0.25, 0.3) is 0 Å². The van der Waals surface area contributed by atoms with Gasteiger partial charge in [0, 0.05) is 30.9 Å². The van der Waals surface area contributed by atoms with Crippen LogP contribution in [-0.4, -0.2) is 76.9 Å². The van der Waals surface area contributed by atoms with E-state index in [-0.39, 0.29) is 36.6 Å². The number of ether oxygens (including phenoxy) is 1. The molecule has 12 nitrogen and oxygen atoms in total. The van der Waals surface area contributed by atoms with Gasteiger partial charge in [0.15, 0.2) is 5.76 Å². The van der Waals surface area contributed by atoms with Gasteiger partial charge in [-0.25, -0.2) is 9.59 Å².